The molecule has 2 aromatic rings. The summed E-state index contributed by atoms with van der Waals surface area (Å²) in [6, 6.07) is 14.7. The summed E-state index contributed by atoms with van der Waals surface area (Å²) in [5.41, 5.74) is 3.36. The predicted molar refractivity (Wildman–Crippen MR) is 83.2 cm³/mol. The molecular weight excluding hydrogens is 262 g/mol. The summed E-state index contributed by atoms with van der Waals surface area (Å²) < 4.78 is 11.7. The van der Waals surface area contributed by atoms with E-state index < -0.39 is 0 Å². The molecule has 0 saturated carbocycles. The van der Waals surface area contributed by atoms with Crippen molar-refractivity contribution in [1.29, 1.82) is 0 Å². The number of hydrogen-bond donors (Lipinski definition) is 1. The topological polar surface area (TPSA) is 30.5 Å². The van der Waals surface area contributed by atoms with E-state index in [2.05, 4.69) is 49.5 Å². The second-order valence-electron chi connectivity index (χ2n) is 6.24. The maximum atomic E-state index is 6.08. The third kappa shape index (κ3) is 2.04. The fourth-order valence-electron chi connectivity index (χ4n) is 3.22. The first-order valence-corrected chi connectivity index (χ1v) is 7.44. The molecule has 0 aromatic heterocycles. The maximum absolute atomic E-state index is 6.08. The molecule has 2 aromatic carbocycles. The van der Waals surface area contributed by atoms with Crippen molar-refractivity contribution in [2.75, 3.05) is 11.9 Å². The predicted octanol–water partition coefficient (Wildman–Crippen LogP) is 3.95. The molecule has 0 spiro atoms. The third-order valence-corrected chi connectivity index (χ3v) is 4.30. The molecule has 0 amide bonds. The van der Waals surface area contributed by atoms with E-state index in [1.807, 2.05) is 12.1 Å². The highest BCUT2D eigenvalue weighted by Crippen LogP contribution is 2.44. The Balaban J connectivity index is 1.67. The van der Waals surface area contributed by atoms with E-state index >= 15 is 0 Å². The molecule has 108 valence electrons. The minimum Gasteiger partial charge on any atom is -0.493 e. The maximum Gasteiger partial charge on any atom is 0.128 e. The molecule has 1 atom stereocenters. The molecule has 4 rings (SSSR count). The van der Waals surface area contributed by atoms with Gasteiger partial charge in [-0.05, 0) is 43.7 Å². The van der Waals surface area contributed by atoms with Gasteiger partial charge in [0.05, 0.1) is 12.6 Å². The van der Waals surface area contributed by atoms with E-state index in [4.69, 9.17) is 9.47 Å². The molecule has 0 aliphatic carbocycles. The standard InChI is InChI=1S/C18H19NO2/c1-18(2)17(14-5-3-4-6-16(14)21-18)19-13-7-8-15-12(11-13)9-10-20-15/h3-8,11,17,19H,9-10H2,1-2H3. The van der Waals surface area contributed by atoms with E-state index in [1.165, 1.54) is 11.1 Å². The second-order valence-corrected chi connectivity index (χ2v) is 6.24. The summed E-state index contributed by atoms with van der Waals surface area (Å²) in [5, 5.41) is 3.64. The van der Waals surface area contributed by atoms with Gasteiger partial charge in [-0.3, -0.25) is 0 Å². The van der Waals surface area contributed by atoms with Gasteiger partial charge in [0.1, 0.15) is 17.1 Å². The molecule has 0 radical (unpaired) electrons. The lowest BCUT2D eigenvalue weighted by Gasteiger charge is -2.28. The van der Waals surface area contributed by atoms with Crippen molar-refractivity contribution in [3.63, 3.8) is 0 Å². The van der Waals surface area contributed by atoms with Crippen LogP contribution in [0.2, 0.25) is 0 Å². The van der Waals surface area contributed by atoms with Gasteiger partial charge in [0, 0.05) is 17.7 Å². The fourth-order valence-corrected chi connectivity index (χ4v) is 3.22. The largest absolute Gasteiger partial charge is 0.493 e. The Morgan fingerprint density at radius 3 is 2.86 bits per heavy atom. The van der Waals surface area contributed by atoms with Gasteiger partial charge in [-0.25, -0.2) is 0 Å². The van der Waals surface area contributed by atoms with Crippen LogP contribution in [-0.4, -0.2) is 12.2 Å². The van der Waals surface area contributed by atoms with Gasteiger partial charge in [0.25, 0.3) is 0 Å². The molecule has 2 aliphatic rings. The summed E-state index contributed by atoms with van der Waals surface area (Å²) >= 11 is 0. The molecule has 2 heterocycles. The zero-order valence-electron chi connectivity index (χ0n) is 12.3. The van der Waals surface area contributed by atoms with Gasteiger partial charge in [-0.15, -0.1) is 0 Å². The summed E-state index contributed by atoms with van der Waals surface area (Å²) in [6.07, 6.45) is 0.992. The SMILES string of the molecule is CC1(C)Oc2ccccc2C1Nc1ccc2c(c1)CCO2. The first-order valence-electron chi connectivity index (χ1n) is 7.44. The van der Waals surface area contributed by atoms with Crippen molar-refractivity contribution < 1.29 is 9.47 Å². The summed E-state index contributed by atoms with van der Waals surface area (Å²) in [6.45, 7) is 5.04. The monoisotopic (exact) mass is 281 g/mol. The molecule has 21 heavy (non-hydrogen) atoms. The Bertz CT molecular complexity index is 693. The number of para-hydroxylation sites is 1. The van der Waals surface area contributed by atoms with E-state index in [9.17, 15) is 0 Å². The highest BCUT2D eigenvalue weighted by Gasteiger charge is 2.41. The van der Waals surface area contributed by atoms with Crippen molar-refractivity contribution in [3.8, 4) is 11.5 Å². The number of ether oxygens (including phenoxy) is 2. The molecule has 0 fully saturated rings. The van der Waals surface area contributed by atoms with E-state index in [-0.39, 0.29) is 11.6 Å². The quantitative estimate of drug-likeness (QED) is 0.904. The van der Waals surface area contributed by atoms with Gasteiger partial charge in [-0.2, -0.15) is 0 Å². The second kappa shape index (κ2) is 4.42. The highest BCUT2D eigenvalue weighted by molar-refractivity contribution is 5.56. The molecule has 0 saturated heterocycles. The number of anilines is 1. The van der Waals surface area contributed by atoms with E-state index in [0.29, 0.717) is 0 Å². The van der Waals surface area contributed by atoms with Crippen molar-refractivity contribution in [2.24, 2.45) is 0 Å². The van der Waals surface area contributed by atoms with Gasteiger partial charge >= 0.3 is 0 Å². The fraction of sp³-hybridized carbons (Fsp3) is 0.333. The number of nitrogens with one attached hydrogen (secondary N) is 1. The van der Waals surface area contributed by atoms with Crippen LogP contribution in [0.25, 0.3) is 0 Å². The zero-order valence-corrected chi connectivity index (χ0v) is 12.3. The van der Waals surface area contributed by atoms with Crippen molar-refractivity contribution in [2.45, 2.75) is 31.9 Å². The molecule has 3 nitrogen and oxygen atoms in total. The number of rotatable bonds is 2. The summed E-state index contributed by atoms with van der Waals surface area (Å²) in [4.78, 5) is 0. The van der Waals surface area contributed by atoms with Crippen LogP contribution in [0.3, 0.4) is 0 Å². The van der Waals surface area contributed by atoms with Crippen LogP contribution in [0.4, 0.5) is 5.69 Å². The van der Waals surface area contributed by atoms with Gasteiger partial charge < -0.3 is 14.8 Å². The molecule has 2 aliphatic heterocycles. The lowest BCUT2D eigenvalue weighted by molar-refractivity contribution is 0.118. The van der Waals surface area contributed by atoms with E-state index in [1.54, 1.807) is 0 Å². The van der Waals surface area contributed by atoms with Crippen molar-refractivity contribution in [3.05, 3.63) is 53.6 Å². The number of fused-ring (bicyclic) bond motifs is 2. The minimum atomic E-state index is -0.265. The molecule has 0 bridgehead atoms. The summed E-state index contributed by atoms with van der Waals surface area (Å²) in [5.74, 6) is 1.99. The normalized spacial score (nSPS) is 21.1. The third-order valence-electron chi connectivity index (χ3n) is 4.30. The minimum absolute atomic E-state index is 0.147. The van der Waals surface area contributed by atoms with Gasteiger partial charge in [0.15, 0.2) is 0 Å². The van der Waals surface area contributed by atoms with Crippen LogP contribution in [0.5, 0.6) is 11.5 Å². The van der Waals surface area contributed by atoms with Gasteiger partial charge in [-0.1, -0.05) is 18.2 Å². The van der Waals surface area contributed by atoms with Crippen LogP contribution in [0, 0.1) is 0 Å². The molecular formula is C18H19NO2. The molecule has 1 N–H and O–H groups in total. The molecule has 1 unspecified atom stereocenters. The molecule has 3 heteroatoms. The van der Waals surface area contributed by atoms with Crippen LogP contribution >= 0.6 is 0 Å². The Hall–Kier alpha value is -2.16. The zero-order chi connectivity index (χ0) is 14.4. The van der Waals surface area contributed by atoms with Gasteiger partial charge in [0.2, 0.25) is 0 Å². The number of hydrogen-bond acceptors (Lipinski definition) is 3. The Labute approximate surface area is 124 Å². The summed E-state index contributed by atoms with van der Waals surface area (Å²) in [7, 11) is 0. The van der Waals surface area contributed by atoms with Crippen LogP contribution in [0.15, 0.2) is 42.5 Å². The Morgan fingerprint density at radius 1 is 1.10 bits per heavy atom. The first kappa shape index (κ1) is 12.6. The average molecular weight is 281 g/mol. The van der Waals surface area contributed by atoms with Crippen molar-refractivity contribution >= 4 is 5.69 Å². The van der Waals surface area contributed by atoms with Crippen LogP contribution in [-0.2, 0) is 6.42 Å². The van der Waals surface area contributed by atoms with Crippen LogP contribution < -0.4 is 14.8 Å². The Morgan fingerprint density at radius 2 is 1.95 bits per heavy atom. The lowest BCUT2D eigenvalue weighted by atomic mass is 9.94. The van der Waals surface area contributed by atoms with Crippen molar-refractivity contribution in [1.82, 2.24) is 0 Å². The highest BCUT2D eigenvalue weighted by atomic mass is 16.5. The lowest BCUT2D eigenvalue weighted by Crippen LogP contribution is -2.34. The van der Waals surface area contributed by atoms with E-state index in [0.717, 1.165) is 30.2 Å². The van der Waals surface area contributed by atoms with Crippen LogP contribution in [0.1, 0.15) is 31.0 Å². The smallest absolute Gasteiger partial charge is 0.128 e. The average Bonchev–Trinajstić information content (AvgIpc) is 3.01. The number of benzene rings is 2. The Kier molecular flexibility index (Phi) is 2.64. The first-order chi connectivity index (χ1) is 10.1.